The monoisotopic (exact) mass is 390 g/mol. The van der Waals surface area contributed by atoms with E-state index < -0.39 is 0 Å². The van der Waals surface area contributed by atoms with Crippen LogP contribution in [0.3, 0.4) is 0 Å². The van der Waals surface area contributed by atoms with Crippen LogP contribution in [0.1, 0.15) is 18.4 Å². The number of hydrogen-bond acceptors (Lipinski definition) is 6. The first-order valence-electron chi connectivity index (χ1n) is 9.93. The van der Waals surface area contributed by atoms with Gasteiger partial charge in [0.1, 0.15) is 17.4 Å². The Labute approximate surface area is 171 Å². The number of aromatic nitrogens is 2. The summed E-state index contributed by atoms with van der Waals surface area (Å²) in [6.07, 6.45) is 2.43. The second-order valence-corrected chi connectivity index (χ2v) is 7.17. The summed E-state index contributed by atoms with van der Waals surface area (Å²) >= 11 is 0. The molecule has 0 saturated carbocycles. The molecule has 1 aliphatic heterocycles. The molecule has 0 radical (unpaired) electrons. The lowest BCUT2D eigenvalue weighted by molar-refractivity contribution is 0.120. The zero-order valence-corrected chi connectivity index (χ0v) is 16.8. The zero-order valence-electron chi connectivity index (χ0n) is 16.8. The van der Waals surface area contributed by atoms with Gasteiger partial charge in [0.05, 0.1) is 18.9 Å². The SMILES string of the molecule is COc1ccc(C)cc1Nc1cc(NCC2CCCO2)nc(-c2ccccc2)n1. The summed E-state index contributed by atoms with van der Waals surface area (Å²) in [5, 5.41) is 6.81. The minimum atomic E-state index is 0.235. The van der Waals surface area contributed by atoms with Crippen LogP contribution < -0.4 is 15.4 Å². The molecule has 1 unspecified atom stereocenters. The van der Waals surface area contributed by atoms with E-state index in [1.807, 2.05) is 54.6 Å². The van der Waals surface area contributed by atoms with E-state index in [0.717, 1.165) is 54.4 Å². The summed E-state index contributed by atoms with van der Waals surface area (Å²) in [7, 11) is 1.67. The Kier molecular flexibility index (Phi) is 5.91. The molecule has 2 aromatic carbocycles. The molecule has 6 heteroatoms. The maximum absolute atomic E-state index is 5.72. The number of hydrogen-bond donors (Lipinski definition) is 2. The topological polar surface area (TPSA) is 68.3 Å². The van der Waals surface area contributed by atoms with Gasteiger partial charge in [-0.1, -0.05) is 36.4 Å². The van der Waals surface area contributed by atoms with E-state index in [-0.39, 0.29) is 6.10 Å². The van der Waals surface area contributed by atoms with Crippen molar-refractivity contribution in [2.24, 2.45) is 0 Å². The highest BCUT2D eigenvalue weighted by Gasteiger charge is 2.16. The van der Waals surface area contributed by atoms with Gasteiger partial charge < -0.3 is 20.1 Å². The van der Waals surface area contributed by atoms with Crippen molar-refractivity contribution in [1.29, 1.82) is 0 Å². The average molecular weight is 390 g/mol. The zero-order chi connectivity index (χ0) is 20.1. The standard InChI is InChI=1S/C23H26N4O2/c1-16-10-11-20(28-2)19(13-16)25-22-14-21(24-15-18-9-6-12-29-18)26-23(27-22)17-7-4-3-5-8-17/h3-5,7-8,10-11,13-14,18H,6,9,12,15H2,1-2H3,(H2,24,25,26,27). The van der Waals surface area contributed by atoms with Gasteiger partial charge in [0.25, 0.3) is 0 Å². The molecule has 2 N–H and O–H groups in total. The predicted octanol–water partition coefficient (Wildman–Crippen LogP) is 4.80. The Hall–Kier alpha value is -3.12. The smallest absolute Gasteiger partial charge is 0.163 e. The molecule has 150 valence electrons. The first-order valence-corrected chi connectivity index (χ1v) is 9.93. The highest BCUT2D eigenvalue weighted by molar-refractivity contribution is 5.69. The van der Waals surface area contributed by atoms with Crippen LogP contribution in [-0.2, 0) is 4.74 Å². The third-order valence-electron chi connectivity index (χ3n) is 4.91. The lowest BCUT2D eigenvalue weighted by Gasteiger charge is -2.15. The van der Waals surface area contributed by atoms with E-state index in [0.29, 0.717) is 11.6 Å². The lowest BCUT2D eigenvalue weighted by Crippen LogP contribution is -2.19. The van der Waals surface area contributed by atoms with Gasteiger partial charge in [-0.2, -0.15) is 0 Å². The molecule has 3 aromatic rings. The van der Waals surface area contributed by atoms with Gasteiger partial charge in [-0.15, -0.1) is 0 Å². The first-order chi connectivity index (χ1) is 14.2. The fourth-order valence-corrected chi connectivity index (χ4v) is 3.40. The molecule has 1 aliphatic rings. The summed E-state index contributed by atoms with van der Waals surface area (Å²) in [6, 6.07) is 17.9. The summed E-state index contributed by atoms with van der Waals surface area (Å²) in [5.41, 5.74) is 2.98. The molecule has 6 nitrogen and oxygen atoms in total. The Bertz CT molecular complexity index is 956. The highest BCUT2D eigenvalue weighted by Crippen LogP contribution is 2.29. The number of benzene rings is 2. The number of aryl methyl sites for hydroxylation is 1. The van der Waals surface area contributed by atoms with Crippen molar-refractivity contribution in [3.63, 3.8) is 0 Å². The molecule has 29 heavy (non-hydrogen) atoms. The second kappa shape index (κ2) is 8.92. The molecule has 0 aliphatic carbocycles. The van der Waals surface area contributed by atoms with Gasteiger partial charge in [0, 0.05) is 24.8 Å². The maximum Gasteiger partial charge on any atom is 0.163 e. The Balaban J connectivity index is 1.64. The molecular formula is C23H26N4O2. The van der Waals surface area contributed by atoms with Crippen molar-refractivity contribution < 1.29 is 9.47 Å². The molecule has 1 fully saturated rings. The van der Waals surface area contributed by atoms with E-state index >= 15 is 0 Å². The normalized spacial score (nSPS) is 15.9. The maximum atomic E-state index is 5.72. The largest absolute Gasteiger partial charge is 0.495 e. The van der Waals surface area contributed by atoms with Crippen molar-refractivity contribution in [2.75, 3.05) is 30.9 Å². The fourth-order valence-electron chi connectivity index (χ4n) is 3.40. The molecule has 0 bridgehead atoms. The van der Waals surface area contributed by atoms with Crippen LogP contribution >= 0.6 is 0 Å². The molecular weight excluding hydrogens is 364 g/mol. The van der Waals surface area contributed by atoms with Crippen molar-refractivity contribution in [1.82, 2.24) is 9.97 Å². The van der Waals surface area contributed by atoms with E-state index in [9.17, 15) is 0 Å². The van der Waals surface area contributed by atoms with Crippen LogP contribution in [-0.4, -0.2) is 36.3 Å². The minimum absolute atomic E-state index is 0.235. The van der Waals surface area contributed by atoms with Crippen molar-refractivity contribution in [3.8, 4) is 17.1 Å². The van der Waals surface area contributed by atoms with Crippen LogP contribution in [0.25, 0.3) is 11.4 Å². The number of rotatable bonds is 7. The first kappa shape index (κ1) is 19.2. The van der Waals surface area contributed by atoms with Gasteiger partial charge in [-0.3, -0.25) is 0 Å². The van der Waals surface area contributed by atoms with Crippen LogP contribution in [0, 0.1) is 6.92 Å². The Morgan fingerprint density at radius 1 is 1.07 bits per heavy atom. The number of nitrogens with zero attached hydrogens (tertiary/aromatic N) is 2. The number of ether oxygens (including phenoxy) is 2. The van der Waals surface area contributed by atoms with E-state index in [1.54, 1.807) is 7.11 Å². The number of anilines is 3. The van der Waals surface area contributed by atoms with Crippen LogP contribution in [0.4, 0.5) is 17.3 Å². The van der Waals surface area contributed by atoms with Crippen molar-refractivity contribution in [3.05, 3.63) is 60.2 Å². The van der Waals surface area contributed by atoms with Crippen LogP contribution in [0.5, 0.6) is 5.75 Å². The third kappa shape index (κ3) is 4.84. The molecule has 1 saturated heterocycles. The third-order valence-corrected chi connectivity index (χ3v) is 4.91. The second-order valence-electron chi connectivity index (χ2n) is 7.17. The van der Waals surface area contributed by atoms with E-state index in [2.05, 4.69) is 17.6 Å². The van der Waals surface area contributed by atoms with E-state index in [1.165, 1.54) is 0 Å². The summed E-state index contributed by atoms with van der Waals surface area (Å²) < 4.78 is 11.2. The molecule has 4 rings (SSSR count). The van der Waals surface area contributed by atoms with Gasteiger partial charge in [0.2, 0.25) is 0 Å². The quantitative estimate of drug-likeness (QED) is 0.604. The minimum Gasteiger partial charge on any atom is -0.495 e. The molecule has 0 spiro atoms. The fraction of sp³-hybridized carbons (Fsp3) is 0.304. The van der Waals surface area contributed by atoms with E-state index in [4.69, 9.17) is 19.4 Å². The Morgan fingerprint density at radius 2 is 1.90 bits per heavy atom. The highest BCUT2D eigenvalue weighted by atomic mass is 16.5. The van der Waals surface area contributed by atoms with Crippen molar-refractivity contribution >= 4 is 17.3 Å². The molecule has 2 heterocycles. The van der Waals surface area contributed by atoms with Gasteiger partial charge in [-0.05, 0) is 37.5 Å². The van der Waals surface area contributed by atoms with Crippen LogP contribution in [0.15, 0.2) is 54.6 Å². The summed E-state index contributed by atoms with van der Waals surface area (Å²) in [5.74, 6) is 2.91. The predicted molar refractivity (Wildman–Crippen MR) is 116 cm³/mol. The molecule has 0 amide bonds. The van der Waals surface area contributed by atoms with Gasteiger partial charge in [-0.25, -0.2) is 9.97 Å². The van der Waals surface area contributed by atoms with Gasteiger partial charge >= 0.3 is 0 Å². The van der Waals surface area contributed by atoms with Crippen LogP contribution in [0.2, 0.25) is 0 Å². The molecule has 1 atom stereocenters. The number of methoxy groups -OCH3 is 1. The average Bonchev–Trinajstić information content (AvgIpc) is 3.27. The molecule has 1 aromatic heterocycles. The van der Waals surface area contributed by atoms with Crippen molar-refractivity contribution in [2.45, 2.75) is 25.9 Å². The summed E-state index contributed by atoms with van der Waals surface area (Å²) in [4.78, 5) is 9.45. The Morgan fingerprint density at radius 3 is 2.66 bits per heavy atom. The lowest BCUT2D eigenvalue weighted by atomic mass is 10.2. The van der Waals surface area contributed by atoms with Gasteiger partial charge in [0.15, 0.2) is 5.82 Å². The summed E-state index contributed by atoms with van der Waals surface area (Å²) in [6.45, 7) is 3.62. The number of nitrogens with one attached hydrogen (secondary N) is 2.